The van der Waals surface area contributed by atoms with E-state index in [0.29, 0.717) is 78.9 Å². The van der Waals surface area contributed by atoms with E-state index in [0.717, 1.165) is 56.9 Å². The second-order valence-electron chi connectivity index (χ2n) is 27.8. The van der Waals surface area contributed by atoms with Gasteiger partial charge in [0.15, 0.2) is 51.7 Å². The Morgan fingerprint density at radius 2 is 0.589 bits per heavy atom. The number of benzene rings is 3. The van der Waals surface area contributed by atoms with E-state index in [1.54, 1.807) is 82.3 Å². The van der Waals surface area contributed by atoms with Gasteiger partial charge in [0, 0.05) is 43.8 Å². The number of nitrogens with one attached hydrogen (secondary N) is 2. The molecule has 0 saturated carbocycles. The zero-order chi connectivity index (χ0) is 63.8. The Hall–Kier alpha value is -6.41. The normalized spacial score (nSPS) is 13.6. The van der Waals surface area contributed by atoms with Crippen molar-refractivity contribution in [3.8, 4) is 57.3 Å². The van der Waals surface area contributed by atoms with Crippen LogP contribution >= 0.6 is 82.3 Å². The van der Waals surface area contributed by atoms with Crippen LogP contribution in [-0.2, 0) is 0 Å². The van der Waals surface area contributed by atoms with Crippen LogP contribution in [0.15, 0.2) is 119 Å². The van der Waals surface area contributed by atoms with Crippen molar-refractivity contribution in [2.24, 2.45) is 0 Å². The fourth-order valence-electron chi connectivity index (χ4n) is 9.87. The van der Waals surface area contributed by atoms with Crippen LogP contribution in [0.3, 0.4) is 0 Å². The van der Waals surface area contributed by atoms with Gasteiger partial charge in [-0.3, -0.25) is 4.90 Å². The Bertz CT molecular complexity index is 4690. The van der Waals surface area contributed by atoms with Gasteiger partial charge in [0.2, 0.25) is 0 Å². The number of aromatic nitrogens is 16. The fraction of sp³-hybridized carbons (Fsp3) is 0.364. The Morgan fingerprint density at radius 3 is 0.922 bits per heavy atom. The van der Waals surface area contributed by atoms with Gasteiger partial charge in [-0.2, -0.15) is 0 Å². The van der Waals surface area contributed by atoms with Crippen molar-refractivity contribution in [2.45, 2.75) is 193 Å². The molecule has 3 aromatic carbocycles. The van der Waals surface area contributed by atoms with Gasteiger partial charge in [-0.1, -0.05) is 262 Å². The highest BCUT2D eigenvalue weighted by Crippen LogP contribution is 2.54. The number of hydrogen-bond donors (Lipinski definition) is 2. The van der Waals surface area contributed by atoms with Crippen LogP contribution in [0, 0.1) is 0 Å². The first kappa shape index (κ1) is 62.4. The van der Waals surface area contributed by atoms with Gasteiger partial charge in [-0.25, -0.2) is 69.8 Å². The molecule has 0 saturated heterocycles. The second kappa shape index (κ2) is 22.7. The summed E-state index contributed by atoms with van der Waals surface area (Å²) in [6.07, 6.45) is 0. The highest BCUT2D eigenvalue weighted by molar-refractivity contribution is 8.04. The maximum absolute atomic E-state index is 5.75. The SMILES string of the molecule is CC(C)(C)Sc1nc2c(nc1SC(C)(C)C)-c1nc-2nc2[nH]c(nc3nc(nc4[nH]c(n1)c1nc(-c5ccccc5)c(N5c6ccccc6Sc6ccccc65)nc41)-c1nc(SC(C)(C)C)c(SC(C)(C)C)nc1-3)c1nc(SC(C)(C)C)c(SC(C)(C)C)nc21. The molecule has 3 aliphatic heterocycles. The van der Waals surface area contributed by atoms with Crippen molar-refractivity contribution in [1.29, 1.82) is 0 Å². The van der Waals surface area contributed by atoms with Crippen LogP contribution < -0.4 is 4.90 Å². The van der Waals surface area contributed by atoms with E-state index in [-0.39, 0.29) is 51.8 Å². The predicted molar refractivity (Wildman–Crippen MR) is 376 cm³/mol. The molecule has 90 heavy (non-hydrogen) atoms. The van der Waals surface area contributed by atoms with Crippen LogP contribution in [0.5, 0.6) is 0 Å². The minimum absolute atomic E-state index is 0.218. The molecule has 10 heterocycles. The average molecular weight is 1320 g/mol. The summed E-state index contributed by atoms with van der Waals surface area (Å²) in [5.41, 5.74) is 8.44. The third-order valence-electron chi connectivity index (χ3n) is 13.0. The average Bonchev–Trinajstić information content (AvgIpc) is 1.61. The van der Waals surface area contributed by atoms with Crippen molar-refractivity contribution in [2.75, 3.05) is 4.90 Å². The predicted octanol–water partition coefficient (Wildman–Crippen LogP) is 19.0. The molecule has 24 heteroatoms. The van der Waals surface area contributed by atoms with Crippen molar-refractivity contribution >= 4 is 144 Å². The minimum atomic E-state index is -0.234. The summed E-state index contributed by atoms with van der Waals surface area (Å²) in [5, 5.41) is 4.55. The number of fused-ring (bicyclic) bond motifs is 22. The van der Waals surface area contributed by atoms with Crippen LogP contribution in [0.1, 0.15) is 125 Å². The summed E-state index contributed by atoms with van der Waals surface area (Å²) in [6.45, 7) is 39.2. The van der Waals surface area contributed by atoms with Crippen LogP contribution in [0.2, 0.25) is 0 Å². The zero-order valence-electron chi connectivity index (χ0n) is 53.6. The molecule has 2 N–H and O–H groups in total. The zero-order valence-corrected chi connectivity index (χ0v) is 59.3. The van der Waals surface area contributed by atoms with E-state index in [9.17, 15) is 0 Å². The van der Waals surface area contributed by atoms with Gasteiger partial charge in [0.25, 0.3) is 0 Å². The standard InChI is InChI=1S/C66H69N17S7/c1-61(2,3)85-55-57(87-63(7,8)9)71-42-40(69-55)48-76-46-38-39(68-54(37(67-38)32-26-20-19-21-27-32)83-33-28-22-24-30-35(33)84-36-31-25-23-29-34(36)83)47(75-46)77-49-41-43(72-58(88-64(10,11)12)56(70-41)86-62(4,5)6)51(79-49)81-53-45-44(52(82-53)80-50(42)78-48)73-59(89-65(13,14)15)60(74-45)90-66(16,17)18/h19-31H,1-18H3,(H2,75,76,77,78,79,80,81,82). The molecule has 0 radical (unpaired) electrons. The topological polar surface area (TPSA) is 215 Å². The summed E-state index contributed by atoms with van der Waals surface area (Å²) in [4.78, 5) is 88.6. The number of hydrogen-bond acceptors (Lipinski definition) is 22. The number of para-hydroxylation sites is 2. The molecule has 17 nitrogen and oxygen atoms in total. The number of thioether (sulfide) groups is 6. The molecular weight excluding hydrogens is 1260 g/mol. The fourth-order valence-corrected chi connectivity index (χ4v) is 16.8. The molecule has 10 aromatic rings. The molecule has 460 valence electrons. The first-order chi connectivity index (χ1) is 42.2. The third kappa shape index (κ3) is 13.0. The molecule has 7 aromatic heterocycles. The third-order valence-corrected chi connectivity index (χ3v) is 21.1. The van der Waals surface area contributed by atoms with E-state index in [2.05, 4.69) is 200 Å². The number of nitrogens with zero attached hydrogens (tertiary/aromatic N) is 15. The van der Waals surface area contributed by atoms with E-state index in [1.807, 2.05) is 18.2 Å². The quantitative estimate of drug-likeness (QED) is 0.135. The van der Waals surface area contributed by atoms with E-state index >= 15 is 0 Å². The molecule has 0 fully saturated rings. The summed E-state index contributed by atoms with van der Waals surface area (Å²) in [7, 11) is 0. The Labute approximate surface area is 553 Å². The largest absolute Gasteiger partial charge is 0.321 e. The Kier molecular flexibility index (Phi) is 15.7. The second-order valence-corrected chi connectivity index (χ2v) is 39.8. The lowest BCUT2D eigenvalue weighted by molar-refractivity contribution is 0.778. The number of H-pyrrole nitrogens is 2. The van der Waals surface area contributed by atoms with E-state index < -0.39 is 0 Å². The first-order valence-corrected chi connectivity index (χ1v) is 35.3. The first-order valence-electron chi connectivity index (χ1n) is 29.6. The maximum Gasteiger partial charge on any atom is 0.184 e. The number of rotatable bonds is 8. The van der Waals surface area contributed by atoms with Gasteiger partial charge < -0.3 is 9.97 Å². The molecule has 0 unspecified atom stereocenters. The highest BCUT2D eigenvalue weighted by atomic mass is 32.2. The smallest absolute Gasteiger partial charge is 0.184 e. The van der Waals surface area contributed by atoms with Crippen LogP contribution in [0.4, 0.5) is 17.2 Å². The lowest BCUT2D eigenvalue weighted by Crippen LogP contribution is -2.17. The molecule has 3 aliphatic rings. The lowest BCUT2D eigenvalue weighted by Gasteiger charge is -2.32. The van der Waals surface area contributed by atoms with E-state index in [1.165, 1.54) is 0 Å². The van der Waals surface area contributed by atoms with Gasteiger partial charge >= 0.3 is 0 Å². The summed E-state index contributed by atoms with van der Waals surface area (Å²) < 4.78 is -1.36. The van der Waals surface area contributed by atoms with Gasteiger partial charge in [0.05, 0.1) is 11.4 Å². The monoisotopic (exact) mass is 1320 g/mol. The van der Waals surface area contributed by atoms with Crippen LogP contribution in [0.25, 0.3) is 102 Å². The lowest BCUT2D eigenvalue weighted by atomic mass is 10.1. The maximum atomic E-state index is 5.75. The summed E-state index contributed by atoms with van der Waals surface area (Å²) in [5.74, 6) is 1.67. The van der Waals surface area contributed by atoms with Gasteiger partial charge in [-0.05, 0) is 24.3 Å². The molecule has 0 aliphatic carbocycles. The molecule has 13 rings (SSSR count). The Balaban J connectivity index is 1.22. The number of aromatic amines is 2. The van der Waals surface area contributed by atoms with Crippen molar-refractivity contribution < 1.29 is 0 Å². The van der Waals surface area contributed by atoms with Crippen molar-refractivity contribution in [1.82, 2.24) is 79.7 Å². The number of anilines is 3. The van der Waals surface area contributed by atoms with Gasteiger partial charge in [-0.15, -0.1) is 0 Å². The molecular formula is C66H69N17S7. The molecule has 0 atom stereocenters. The molecule has 0 amide bonds. The van der Waals surface area contributed by atoms with Gasteiger partial charge in [0.1, 0.15) is 80.7 Å². The highest BCUT2D eigenvalue weighted by Gasteiger charge is 2.35. The molecule has 0 spiro atoms. The molecule has 8 bridgehead atoms. The van der Waals surface area contributed by atoms with Crippen molar-refractivity contribution in [3.63, 3.8) is 0 Å². The summed E-state index contributed by atoms with van der Waals surface area (Å²) >= 11 is 11.6. The minimum Gasteiger partial charge on any atom is -0.321 e. The summed E-state index contributed by atoms with van der Waals surface area (Å²) in [6, 6.07) is 26.9. The Morgan fingerprint density at radius 1 is 0.300 bits per heavy atom. The van der Waals surface area contributed by atoms with E-state index in [4.69, 9.17) is 69.8 Å². The van der Waals surface area contributed by atoms with Crippen molar-refractivity contribution in [3.05, 3.63) is 78.9 Å². The van der Waals surface area contributed by atoms with Crippen LogP contribution in [-0.4, -0.2) is 108 Å².